The van der Waals surface area contributed by atoms with Gasteiger partial charge in [-0.1, -0.05) is 23.2 Å². The van der Waals surface area contributed by atoms with Gasteiger partial charge in [0.05, 0.1) is 31.6 Å². The second-order valence-corrected chi connectivity index (χ2v) is 7.11. The van der Waals surface area contributed by atoms with Gasteiger partial charge in [0.15, 0.2) is 0 Å². The topological polar surface area (TPSA) is 93.7 Å². The van der Waals surface area contributed by atoms with Crippen molar-refractivity contribution in [3.05, 3.63) is 58.8 Å². The highest BCUT2D eigenvalue weighted by Gasteiger charge is 2.15. The lowest BCUT2D eigenvalue weighted by atomic mass is 10.2. The van der Waals surface area contributed by atoms with Crippen LogP contribution in [0.2, 0.25) is 10.0 Å². The first kappa shape index (κ1) is 20.8. The molecule has 2 aromatic carbocycles. The molecule has 11 heteroatoms. The van der Waals surface area contributed by atoms with Gasteiger partial charge in [0.25, 0.3) is 0 Å². The van der Waals surface area contributed by atoms with Crippen molar-refractivity contribution >= 4 is 40.5 Å². The van der Waals surface area contributed by atoms with Crippen LogP contribution in [0.1, 0.15) is 0 Å². The average molecular weight is 461 g/mol. The number of ether oxygens (including phenoxy) is 3. The van der Waals surface area contributed by atoms with Crippen molar-refractivity contribution in [1.82, 2.24) is 20.3 Å². The molecule has 0 saturated carbocycles. The number of hydrogen-bond acceptors (Lipinski definition) is 9. The van der Waals surface area contributed by atoms with Gasteiger partial charge >= 0.3 is 12.0 Å². The number of rotatable bonds is 7. The summed E-state index contributed by atoms with van der Waals surface area (Å²) < 4.78 is 16.4. The number of methoxy groups -OCH3 is 2. The smallest absolute Gasteiger partial charge is 0.330 e. The molecule has 0 spiro atoms. The summed E-state index contributed by atoms with van der Waals surface area (Å²) in [6.07, 6.45) is 3.81. The third kappa shape index (κ3) is 4.84. The molecule has 0 unspecified atom stereocenters. The Kier molecular flexibility index (Phi) is 6.15. The maximum atomic E-state index is 6.17. The van der Waals surface area contributed by atoms with Gasteiger partial charge in [-0.2, -0.15) is 9.97 Å². The number of aromatic nitrogens is 3. The van der Waals surface area contributed by atoms with Gasteiger partial charge in [0.1, 0.15) is 11.5 Å². The number of halogens is 2. The fourth-order valence-corrected chi connectivity index (χ4v) is 3.27. The van der Waals surface area contributed by atoms with Crippen LogP contribution < -0.4 is 29.7 Å². The molecule has 0 fully saturated rings. The van der Waals surface area contributed by atoms with Crippen LogP contribution in [0.3, 0.4) is 0 Å². The molecule has 0 radical (unpaired) electrons. The first-order valence-corrected chi connectivity index (χ1v) is 9.86. The normalized spacial score (nSPS) is 12.5. The fraction of sp³-hybridized carbons (Fsp3) is 0.150. The Morgan fingerprint density at radius 3 is 2.52 bits per heavy atom. The van der Waals surface area contributed by atoms with E-state index in [0.717, 1.165) is 5.69 Å². The largest absolute Gasteiger partial charge is 0.494 e. The molecular weight excluding hydrogens is 443 g/mol. The summed E-state index contributed by atoms with van der Waals surface area (Å²) in [4.78, 5) is 14.6. The van der Waals surface area contributed by atoms with Gasteiger partial charge in [0, 0.05) is 29.2 Å². The average Bonchev–Trinajstić information content (AvgIpc) is 3.30. The van der Waals surface area contributed by atoms with E-state index in [9.17, 15) is 0 Å². The van der Waals surface area contributed by atoms with E-state index in [1.54, 1.807) is 25.3 Å². The Hall–Kier alpha value is -3.43. The predicted molar refractivity (Wildman–Crippen MR) is 119 cm³/mol. The van der Waals surface area contributed by atoms with Gasteiger partial charge in [-0.05, 0) is 30.3 Å². The number of hydrogen-bond donors (Lipinski definition) is 2. The van der Waals surface area contributed by atoms with E-state index in [1.165, 1.54) is 7.11 Å². The molecule has 1 aliphatic heterocycles. The molecule has 0 saturated heterocycles. The Morgan fingerprint density at radius 2 is 1.81 bits per heavy atom. The van der Waals surface area contributed by atoms with Crippen molar-refractivity contribution in [3.63, 3.8) is 0 Å². The number of nitrogens with zero attached hydrogens (tertiary/aromatic N) is 4. The highest BCUT2D eigenvalue weighted by molar-refractivity contribution is 6.35. The van der Waals surface area contributed by atoms with Crippen molar-refractivity contribution in [2.45, 2.75) is 0 Å². The van der Waals surface area contributed by atoms with E-state index in [1.807, 2.05) is 35.5 Å². The van der Waals surface area contributed by atoms with Crippen LogP contribution in [-0.4, -0.2) is 35.8 Å². The van der Waals surface area contributed by atoms with Crippen molar-refractivity contribution < 1.29 is 14.2 Å². The number of benzene rings is 2. The molecule has 1 aromatic heterocycles. The zero-order chi connectivity index (χ0) is 21.8. The minimum absolute atomic E-state index is 0.00966. The van der Waals surface area contributed by atoms with Gasteiger partial charge in [-0.15, -0.1) is 4.98 Å². The van der Waals surface area contributed by atoms with Gasteiger partial charge in [-0.3, -0.25) is 0 Å². The highest BCUT2D eigenvalue weighted by Crippen LogP contribution is 2.34. The Bertz CT molecular complexity index is 1130. The first-order chi connectivity index (χ1) is 15.1. The maximum absolute atomic E-state index is 6.17. The lowest BCUT2D eigenvalue weighted by Crippen LogP contribution is -2.20. The molecule has 160 valence electrons. The van der Waals surface area contributed by atoms with Crippen molar-refractivity contribution in [1.29, 1.82) is 0 Å². The van der Waals surface area contributed by atoms with Gasteiger partial charge in [-0.25, -0.2) is 0 Å². The van der Waals surface area contributed by atoms with Crippen molar-refractivity contribution in [3.8, 4) is 23.5 Å². The summed E-state index contributed by atoms with van der Waals surface area (Å²) in [5.74, 6) is 1.26. The van der Waals surface area contributed by atoms with Crippen LogP contribution in [0.4, 0.5) is 17.3 Å². The van der Waals surface area contributed by atoms with Crippen LogP contribution in [0, 0.1) is 0 Å². The SMILES string of the molecule is COc1nc(Nc2ccc(N3C=CNC3)c(OC)c2)nc(Oc2ccc(Cl)cc2Cl)n1. The Labute approximate surface area is 188 Å². The molecule has 3 aromatic rings. The molecule has 0 aliphatic carbocycles. The summed E-state index contributed by atoms with van der Waals surface area (Å²) >= 11 is 12.1. The van der Waals surface area contributed by atoms with Gasteiger partial charge in [0.2, 0.25) is 5.95 Å². The van der Waals surface area contributed by atoms with Crippen LogP contribution in [0.15, 0.2) is 48.8 Å². The molecule has 2 N–H and O–H groups in total. The summed E-state index contributed by atoms with van der Waals surface area (Å²) in [6.45, 7) is 0.668. The predicted octanol–water partition coefficient (Wildman–Crippen LogP) is 4.57. The van der Waals surface area contributed by atoms with Crippen LogP contribution in [0.5, 0.6) is 23.5 Å². The standard InChI is InChI=1S/C20H18Cl2N6O3/c1-29-17-10-13(4-5-15(17)28-8-7-23-11-28)24-18-25-19(30-2)27-20(26-18)31-16-6-3-12(21)9-14(16)22/h3-10,23H,11H2,1-2H3,(H,24,25,26,27). The molecule has 0 bridgehead atoms. The van der Waals surface area contributed by atoms with Crippen LogP contribution in [-0.2, 0) is 0 Å². The van der Waals surface area contributed by atoms with E-state index in [0.29, 0.717) is 33.9 Å². The highest BCUT2D eigenvalue weighted by atomic mass is 35.5. The first-order valence-electron chi connectivity index (χ1n) is 9.10. The molecule has 0 atom stereocenters. The van der Waals surface area contributed by atoms with Gasteiger partial charge < -0.3 is 29.7 Å². The minimum Gasteiger partial charge on any atom is -0.494 e. The molecule has 4 rings (SSSR count). The van der Waals surface area contributed by atoms with Crippen LogP contribution >= 0.6 is 23.2 Å². The Balaban J connectivity index is 1.59. The molecule has 9 nitrogen and oxygen atoms in total. The summed E-state index contributed by atoms with van der Waals surface area (Å²) in [6, 6.07) is 10.6. The number of nitrogens with one attached hydrogen (secondary N) is 2. The molecule has 0 amide bonds. The molecule has 1 aliphatic rings. The molecular formula is C20H18Cl2N6O3. The zero-order valence-corrected chi connectivity index (χ0v) is 18.1. The third-order valence-electron chi connectivity index (χ3n) is 4.25. The minimum atomic E-state index is 0.00966. The van der Waals surface area contributed by atoms with Crippen molar-refractivity contribution in [2.75, 3.05) is 31.1 Å². The lowest BCUT2D eigenvalue weighted by Gasteiger charge is -2.19. The van der Waals surface area contributed by atoms with Crippen molar-refractivity contribution in [2.24, 2.45) is 0 Å². The second kappa shape index (κ2) is 9.15. The summed E-state index contributed by atoms with van der Waals surface area (Å²) in [5.41, 5.74) is 1.63. The quantitative estimate of drug-likeness (QED) is 0.525. The van der Waals surface area contributed by atoms with Crippen LogP contribution in [0.25, 0.3) is 0 Å². The zero-order valence-electron chi connectivity index (χ0n) is 16.6. The van der Waals surface area contributed by atoms with E-state index in [-0.39, 0.29) is 18.0 Å². The van der Waals surface area contributed by atoms with E-state index >= 15 is 0 Å². The fourth-order valence-electron chi connectivity index (χ4n) is 2.82. The maximum Gasteiger partial charge on any atom is 0.330 e. The lowest BCUT2D eigenvalue weighted by molar-refractivity contribution is 0.360. The Morgan fingerprint density at radius 1 is 0.968 bits per heavy atom. The molecule has 31 heavy (non-hydrogen) atoms. The second-order valence-electron chi connectivity index (χ2n) is 6.26. The third-order valence-corrected chi connectivity index (χ3v) is 4.78. The summed E-state index contributed by atoms with van der Waals surface area (Å²) in [5, 5.41) is 7.05. The van der Waals surface area contributed by atoms with E-state index < -0.39 is 0 Å². The van der Waals surface area contributed by atoms with E-state index in [2.05, 4.69) is 25.6 Å². The molecule has 2 heterocycles. The summed E-state index contributed by atoms with van der Waals surface area (Å²) in [7, 11) is 3.07. The number of anilines is 3. The van der Waals surface area contributed by atoms with E-state index in [4.69, 9.17) is 37.4 Å². The monoisotopic (exact) mass is 460 g/mol.